The lowest BCUT2D eigenvalue weighted by Gasteiger charge is -2.33. The molecular formula is C31H43F2N3O3. The number of Topliss-reactive ketones (excluding diaryl/α,β-unsaturated/α-hetero) is 1. The van der Waals surface area contributed by atoms with Crippen LogP contribution in [0.3, 0.4) is 0 Å². The molecule has 2 amide bonds. The number of ketones is 1. The fraction of sp³-hybridized carbons (Fsp3) is 0.516. The van der Waals surface area contributed by atoms with Crippen molar-refractivity contribution >= 4 is 17.6 Å². The topological polar surface area (TPSA) is 78.5 Å². The normalized spacial score (nSPS) is 18.9. The van der Waals surface area contributed by atoms with Crippen LogP contribution in [0.4, 0.5) is 8.78 Å². The van der Waals surface area contributed by atoms with Crippen LogP contribution in [0.2, 0.25) is 0 Å². The maximum atomic E-state index is 13.9. The van der Waals surface area contributed by atoms with Gasteiger partial charge in [0.25, 0.3) is 5.91 Å². The van der Waals surface area contributed by atoms with Crippen molar-refractivity contribution in [2.24, 2.45) is 5.92 Å². The average Bonchev–Trinajstić information content (AvgIpc) is 2.97. The molecule has 0 spiro atoms. The molecule has 2 N–H and O–H groups in total. The molecule has 4 rings (SSSR count). The molecular weight excluding hydrogens is 500 g/mol. The predicted octanol–water partition coefficient (Wildman–Crippen LogP) is 5.61. The van der Waals surface area contributed by atoms with Crippen LogP contribution in [0.5, 0.6) is 0 Å². The second kappa shape index (κ2) is 13.8. The Kier molecular flexibility index (Phi) is 10.2. The minimum absolute atomic E-state index is 0. The Morgan fingerprint density at radius 2 is 1.82 bits per heavy atom. The number of amides is 2. The highest BCUT2D eigenvalue weighted by Crippen LogP contribution is 2.29. The van der Waals surface area contributed by atoms with Crippen molar-refractivity contribution in [1.29, 1.82) is 0 Å². The summed E-state index contributed by atoms with van der Waals surface area (Å²) in [4.78, 5) is 40.6. The van der Waals surface area contributed by atoms with Crippen LogP contribution in [0, 0.1) is 17.6 Å². The van der Waals surface area contributed by atoms with Gasteiger partial charge >= 0.3 is 0 Å². The molecule has 1 saturated carbocycles. The van der Waals surface area contributed by atoms with E-state index in [4.69, 9.17) is 0 Å². The monoisotopic (exact) mass is 543 g/mol. The van der Waals surface area contributed by atoms with Gasteiger partial charge in [0.15, 0.2) is 5.78 Å². The van der Waals surface area contributed by atoms with Crippen LogP contribution in [-0.4, -0.2) is 48.2 Å². The molecule has 2 atom stereocenters. The van der Waals surface area contributed by atoms with Gasteiger partial charge in [-0.2, -0.15) is 0 Å². The summed E-state index contributed by atoms with van der Waals surface area (Å²) in [6, 6.07) is 10.5. The lowest BCUT2D eigenvalue weighted by atomic mass is 9.81. The van der Waals surface area contributed by atoms with Crippen molar-refractivity contribution in [3.05, 3.63) is 70.8 Å². The highest BCUT2D eigenvalue weighted by atomic mass is 19.1. The lowest BCUT2D eigenvalue weighted by molar-refractivity contribution is -0.131. The van der Waals surface area contributed by atoms with E-state index in [1.165, 1.54) is 18.6 Å². The summed E-state index contributed by atoms with van der Waals surface area (Å²) >= 11 is 0. The van der Waals surface area contributed by atoms with Crippen LogP contribution >= 0.6 is 0 Å². The van der Waals surface area contributed by atoms with Crippen LogP contribution in [-0.2, 0) is 16.1 Å². The minimum Gasteiger partial charge on any atom is -0.342 e. The molecule has 2 fully saturated rings. The quantitative estimate of drug-likeness (QED) is 0.408. The number of carbonyl (C=O) groups excluding carboxylic acids is 3. The highest BCUT2D eigenvalue weighted by Gasteiger charge is 2.30. The number of nitrogens with zero attached hydrogens (tertiary/aromatic N) is 1. The molecule has 1 aliphatic heterocycles. The fourth-order valence-corrected chi connectivity index (χ4v) is 5.86. The van der Waals surface area contributed by atoms with Crippen molar-refractivity contribution < 1.29 is 26.0 Å². The maximum Gasteiger partial charge on any atom is 0.251 e. The van der Waals surface area contributed by atoms with Gasteiger partial charge in [-0.15, -0.1) is 0 Å². The first-order valence-corrected chi connectivity index (χ1v) is 14.2. The van der Waals surface area contributed by atoms with Crippen molar-refractivity contribution in [1.82, 2.24) is 15.5 Å². The minimum atomic E-state index is -0.638. The van der Waals surface area contributed by atoms with Crippen LogP contribution in [0.1, 0.15) is 88.5 Å². The summed E-state index contributed by atoms with van der Waals surface area (Å²) in [5, 5.41) is 6.01. The van der Waals surface area contributed by atoms with Gasteiger partial charge in [0.05, 0.1) is 12.6 Å². The molecule has 1 heterocycles. The second-order valence-electron chi connectivity index (χ2n) is 10.8. The molecule has 2 aromatic carbocycles. The Labute approximate surface area is 232 Å². The zero-order chi connectivity index (χ0) is 27.8. The largest absolute Gasteiger partial charge is 0.342 e. The number of hydrogen-bond acceptors (Lipinski definition) is 4. The molecule has 1 saturated heterocycles. The molecule has 0 bridgehead atoms. The average molecular weight is 544 g/mol. The molecule has 1 aliphatic carbocycles. The first kappa shape index (κ1) is 28.9. The standard InChI is InChI=1S/C31H39F2N3O3.2H2/c1-2-28(37)30(21-8-4-3-5-9-21)35-31(39)23-11-6-10-22(16-23)25-12-7-15-36(20-25)29(38)19-34-18-24-13-14-26(32)17-27(24)33;;/h6,10-11,13-14,16-17,21,25,30,34H,2-5,7-9,12,15,18-20H2,1H3,(H,35,39);2*1H/t25-,30+;;/m0../s1. The number of piperidine rings is 1. The van der Waals surface area contributed by atoms with E-state index in [-0.39, 0.29) is 45.4 Å². The number of nitrogens with one attached hydrogen (secondary N) is 2. The van der Waals surface area contributed by atoms with Crippen LogP contribution in [0.25, 0.3) is 0 Å². The summed E-state index contributed by atoms with van der Waals surface area (Å²) in [5.41, 5.74) is 1.84. The number of rotatable bonds is 10. The van der Waals surface area contributed by atoms with Crippen molar-refractivity contribution in [2.45, 2.75) is 76.8 Å². The number of likely N-dealkylation sites (tertiary alicyclic amines) is 1. The van der Waals surface area contributed by atoms with Gasteiger partial charge in [-0.3, -0.25) is 14.4 Å². The van der Waals surface area contributed by atoms with Crippen LogP contribution < -0.4 is 10.6 Å². The van der Waals surface area contributed by atoms with Gasteiger partial charge in [0.2, 0.25) is 5.91 Å². The molecule has 2 aliphatic rings. The molecule has 8 heteroatoms. The highest BCUT2D eigenvalue weighted by molar-refractivity contribution is 5.98. The molecule has 0 aromatic heterocycles. The third kappa shape index (κ3) is 7.72. The fourth-order valence-electron chi connectivity index (χ4n) is 5.86. The third-order valence-corrected chi connectivity index (χ3v) is 8.10. The Bertz CT molecular complexity index is 1180. The number of halogens is 2. The number of carbonyl (C=O) groups is 3. The zero-order valence-electron chi connectivity index (χ0n) is 22.7. The Morgan fingerprint density at radius 1 is 1.03 bits per heavy atom. The molecule has 0 unspecified atom stereocenters. The van der Waals surface area contributed by atoms with E-state index in [0.29, 0.717) is 30.6 Å². The summed E-state index contributed by atoms with van der Waals surface area (Å²) in [5.74, 6) is -1.20. The third-order valence-electron chi connectivity index (χ3n) is 8.10. The smallest absolute Gasteiger partial charge is 0.251 e. The van der Waals surface area contributed by atoms with E-state index < -0.39 is 17.7 Å². The molecule has 2 aromatic rings. The lowest BCUT2D eigenvalue weighted by Crippen LogP contribution is -2.46. The van der Waals surface area contributed by atoms with E-state index in [0.717, 1.165) is 50.2 Å². The number of benzene rings is 2. The van der Waals surface area contributed by atoms with Gasteiger partial charge in [0.1, 0.15) is 11.6 Å². The molecule has 6 nitrogen and oxygen atoms in total. The summed E-state index contributed by atoms with van der Waals surface area (Å²) in [7, 11) is 0. The van der Waals surface area contributed by atoms with Gasteiger partial charge in [0, 0.05) is 52.0 Å². The van der Waals surface area contributed by atoms with E-state index >= 15 is 0 Å². The van der Waals surface area contributed by atoms with Gasteiger partial charge in [-0.05, 0) is 55.4 Å². The van der Waals surface area contributed by atoms with Crippen molar-refractivity contribution in [3.8, 4) is 0 Å². The number of hydrogen-bond donors (Lipinski definition) is 2. The van der Waals surface area contributed by atoms with Gasteiger partial charge in [-0.1, -0.05) is 44.4 Å². The summed E-state index contributed by atoms with van der Waals surface area (Å²) < 4.78 is 27.0. The van der Waals surface area contributed by atoms with Crippen molar-refractivity contribution in [2.75, 3.05) is 19.6 Å². The molecule has 39 heavy (non-hydrogen) atoms. The van der Waals surface area contributed by atoms with Gasteiger partial charge < -0.3 is 15.5 Å². The Morgan fingerprint density at radius 3 is 2.56 bits per heavy atom. The first-order valence-electron chi connectivity index (χ1n) is 14.2. The predicted molar refractivity (Wildman–Crippen MR) is 150 cm³/mol. The van der Waals surface area contributed by atoms with Gasteiger partial charge in [-0.25, -0.2) is 8.78 Å². The maximum absolute atomic E-state index is 13.9. The summed E-state index contributed by atoms with van der Waals surface area (Å²) in [6.45, 7) is 3.21. The Balaban J connectivity index is 0.00000294. The van der Waals surface area contributed by atoms with E-state index in [9.17, 15) is 23.2 Å². The second-order valence-corrected chi connectivity index (χ2v) is 10.8. The zero-order valence-corrected chi connectivity index (χ0v) is 22.7. The first-order chi connectivity index (χ1) is 18.9. The van der Waals surface area contributed by atoms with Crippen LogP contribution in [0.15, 0.2) is 42.5 Å². The summed E-state index contributed by atoms with van der Waals surface area (Å²) in [6.07, 6.45) is 7.46. The molecule has 214 valence electrons. The van der Waals surface area contributed by atoms with E-state index in [1.807, 2.05) is 25.1 Å². The van der Waals surface area contributed by atoms with Crippen molar-refractivity contribution in [3.63, 3.8) is 0 Å². The van der Waals surface area contributed by atoms with E-state index in [1.54, 1.807) is 11.0 Å². The van der Waals surface area contributed by atoms with E-state index in [2.05, 4.69) is 10.6 Å². The Hall–Kier alpha value is -3.13. The SMILES string of the molecule is CCC(=O)[C@H](NC(=O)c1cccc([C@H]2CCCN(C(=O)CNCc3ccc(F)cc3F)C2)c1)C1CCCCC1.[HH].[HH]. The molecule has 0 radical (unpaired) electrons.